The molecule has 0 aliphatic carbocycles. The quantitative estimate of drug-likeness (QED) is 0.570. The van der Waals surface area contributed by atoms with E-state index in [1.807, 2.05) is 11.3 Å². The van der Waals surface area contributed by atoms with Gasteiger partial charge in [0.25, 0.3) is 0 Å². The fraction of sp³-hybridized carbons (Fsp3) is 0.667. The second-order valence-electron chi connectivity index (χ2n) is 4.06. The largest absolute Gasteiger partial charge is 0.385 e. The van der Waals surface area contributed by atoms with Gasteiger partial charge in [-0.05, 0) is 30.9 Å². The highest BCUT2D eigenvalue weighted by atomic mass is 32.1. The normalized spacial score (nSPS) is 15.0. The van der Waals surface area contributed by atoms with E-state index >= 15 is 0 Å². The Labute approximate surface area is 102 Å². The summed E-state index contributed by atoms with van der Waals surface area (Å²) in [6.45, 7) is 5.16. The molecule has 0 radical (unpaired) electrons. The Kier molecular flexibility index (Phi) is 5.98. The van der Waals surface area contributed by atoms with E-state index in [1.165, 1.54) is 9.75 Å². The lowest BCUT2D eigenvalue weighted by molar-refractivity contribution is 0.170. The van der Waals surface area contributed by atoms with Crippen molar-refractivity contribution in [3.63, 3.8) is 0 Å². The molecule has 0 aliphatic heterocycles. The van der Waals surface area contributed by atoms with Crippen LogP contribution in [0.15, 0.2) is 12.1 Å². The van der Waals surface area contributed by atoms with Crippen molar-refractivity contribution < 1.29 is 4.74 Å². The monoisotopic (exact) mass is 242 g/mol. The second-order valence-corrected chi connectivity index (χ2v) is 5.26. The number of ether oxygens (including phenoxy) is 1. The number of hydrazine groups is 1. The fourth-order valence-electron chi connectivity index (χ4n) is 1.75. The minimum absolute atomic E-state index is 0.237. The number of rotatable bonds is 7. The van der Waals surface area contributed by atoms with Crippen LogP contribution in [0.1, 0.15) is 36.1 Å². The summed E-state index contributed by atoms with van der Waals surface area (Å²) in [5.74, 6) is 6.12. The zero-order valence-corrected chi connectivity index (χ0v) is 11.1. The molecule has 0 spiro atoms. The maximum atomic E-state index is 5.64. The van der Waals surface area contributed by atoms with Gasteiger partial charge in [-0.25, -0.2) is 0 Å². The number of aryl methyl sites for hydroxylation is 1. The van der Waals surface area contributed by atoms with Gasteiger partial charge in [0.2, 0.25) is 0 Å². The van der Waals surface area contributed by atoms with Gasteiger partial charge in [0, 0.05) is 23.5 Å². The summed E-state index contributed by atoms with van der Waals surface area (Å²) in [5, 5.41) is 0. The lowest BCUT2D eigenvalue weighted by Gasteiger charge is -2.21. The van der Waals surface area contributed by atoms with Crippen molar-refractivity contribution in [2.75, 3.05) is 13.7 Å². The first-order valence-corrected chi connectivity index (χ1v) is 6.58. The zero-order chi connectivity index (χ0) is 12.0. The Balaban J connectivity index is 2.65. The molecule has 92 valence electrons. The molecule has 0 aromatic carbocycles. The Morgan fingerprint density at radius 1 is 1.50 bits per heavy atom. The van der Waals surface area contributed by atoms with Gasteiger partial charge in [-0.3, -0.25) is 11.3 Å². The highest BCUT2D eigenvalue weighted by molar-refractivity contribution is 7.12. The average molecular weight is 242 g/mol. The molecule has 3 nitrogen and oxygen atoms in total. The van der Waals surface area contributed by atoms with Crippen LogP contribution >= 0.6 is 11.3 Å². The van der Waals surface area contributed by atoms with Crippen molar-refractivity contribution in [1.82, 2.24) is 5.43 Å². The third-order valence-electron chi connectivity index (χ3n) is 2.86. The molecule has 0 amide bonds. The van der Waals surface area contributed by atoms with Gasteiger partial charge in [0.15, 0.2) is 0 Å². The lowest BCUT2D eigenvalue weighted by Crippen LogP contribution is -2.32. The molecule has 4 heteroatoms. The van der Waals surface area contributed by atoms with Gasteiger partial charge in [0.05, 0.1) is 6.04 Å². The van der Waals surface area contributed by atoms with Crippen LogP contribution in [0.5, 0.6) is 0 Å². The van der Waals surface area contributed by atoms with Crippen LogP contribution in [0.4, 0.5) is 0 Å². The van der Waals surface area contributed by atoms with Crippen LogP contribution in [0.3, 0.4) is 0 Å². The molecule has 1 rings (SSSR count). The number of nitrogens with two attached hydrogens (primary N) is 1. The first-order valence-electron chi connectivity index (χ1n) is 5.76. The summed E-state index contributed by atoms with van der Waals surface area (Å²) in [4.78, 5) is 2.73. The highest BCUT2D eigenvalue weighted by Gasteiger charge is 2.19. The summed E-state index contributed by atoms with van der Waals surface area (Å²) in [6.07, 6.45) is 2.11. The minimum atomic E-state index is 0.237. The molecule has 0 fully saturated rings. The van der Waals surface area contributed by atoms with E-state index in [4.69, 9.17) is 10.6 Å². The molecular formula is C12H22N2OS. The first kappa shape index (κ1) is 13.6. The Hall–Kier alpha value is -0.420. The first-order chi connectivity index (χ1) is 7.72. The molecule has 0 saturated heterocycles. The van der Waals surface area contributed by atoms with E-state index in [0.29, 0.717) is 5.92 Å². The van der Waals surface area contributed by atoms with Gasteiger partial charge in [-0.15, -0.1) is 11.3 Å². The van der Waals surface area contributed by atoms with E-state index in [0.717, 1.165) is 19.4 Å². The number of thiophene rings is 1. The van der Waals surface area contributed by atoms with Gasteiger partial charge in [0.1, 0.15) is 0 Å². The van der Waals surface area contributed by atoms with Crippen LogP contribution in [-0.2, 0) is 11.2 Å². The molecule has 2 unspecified atom stereocenters. The highest BCUT2D eigenvalue weighted by Crippen LogP contribution is 2.29. The van der Waals surface area contributed by atoms with E-state index in [-0.39, 0.29) is 6.04 Å². The molecule has 0 bridgehead atoms. The third kappa shape index (κ3) is 3.56. The van der Waals surface area contributed by atoms with E-state index in [1.54, 1.807) is 7.11 Å². The number of hydrogen-bond donors (Lipinski definition) is 2. The molecule has 1 aromatic rings. The molecule has 3 N–H and O–H groups in total. The van der Waals surface area contributed by atoms with E-state index in [2.05, 4.69) is 31.4 Å². The van der Waals surface area contributed by atoms with Crippen molar-refractivity contribution >= 4 is 11.3 Å². The molecule has 1 heterocycles. The minimum Gasteiger partial charge on any atom is -0.385 e. The molecular weight excluding hydrogens is 220 g/mol. The van der Waals surface area contributed by atoms with Crippen LogP contribution in [0.25, 0.3) is 0 Å². The number of nitrogens with one attached hydrogen (secondary N) is 1. The van der Waals surface area contributed by atoms with E-state index in [9.17, 15) is 0 Å². The van der Waals surface area contributed by atoms with Gasteiger partial charge >= 0.3 is 0 Å². The van der Waals surface area contributed by atoms with Crippen LogP contribution in [0.2, 0.25) is 0 Å². The zero-order valence-electron chi connectivity index (χ0n) is 10.3. The Morgan fingerprint density at radius 2 is 2.25 bits per heavy atom. The van der Waals surface area contributed by atoms with Crippen molar-refractivity contribution in [2.24, 2.45) is 11.8 Å². The average Bonchev–Trinajstić information content (AvgIpc) is 2.76. The number of hydrogen-bond acceptors (Lipinski definition) is 4. The van der Waals surface area contributed by atoms with Crippen molar-refractivity contribution in [1.29, 1.82) is 0 Å². The predicted octanol–water partition coefficient (Wildman–Crippen LogP) is 2.49. The Bertz CT molecular complexity index is 301. The third-order valence-corrected chi connectivity index (χ3v) is 4.18. The summed E-state index contributed by atoms with van der Waals surface area (Å²) in [5.41, 5.74) is 2.92. The molecule has 0 aliphatic rings. The van der Waals surface area contributed by atoms with Gasteiger partial charge in [-0.2, -0.15) is 0 Å². The SMILES string of the molecule is CCc1ccc(C(NN)C(C)CCOC)s1. The maximum absolute atomic E-state index is 5.64. The molecule has 0 saturated carbocycles. The van der Waals surface area contributed by atoms with Crippen molar-refractivity contribution in [3.05, 3.63) is 21.9 Å². The molecule has 16 heavy (non-hydrogen) atoms. The maximum Gasteiger partial charge on any atom is 0.0579 e. The van der Waals surface area contributed by atoms with Crippen LogP contribution in [-0.4, -0.2) is 13.7 Å². The second kappa shape index (κ2) is 7.01. The number of methoxy groups -OCH3 is 1. The molecule has 2 atom stereocenters. The van der Waals surface area contributed by atoms with Crippen LogP contribution < -0.4 is 11.3 Å². The standard InChI is InChI=1S/C12H22N2OS/c1-4-10-5-6-11(16-10)12(14-13)9(2)7-8-15-3/h5-6,9,12,14H,4,7-8,13H2,1-3H3. The van der Waals surface area contributed by atoms with Gasteiger partial charge in [-0.1, -0.05) is 13.8 Å². The molecule has 1 aromatic heterocycles. The van der Waals surface area contributed by atoms with E-state index < -0.39 is 0 Å². The summed E-state index contributed by atoms with van der Waals surface area (Å²) in [7, 11) is 1.73. The lowest BCUT2D eigenvalue weighted by atomic mass is 9.98. The smallest absolute Gasteiger partial charge is 0.0579 e. The Morgan fingerprint density at radius 3 is 2.75 bits per heavy atom. The van der Waals surface area contributed by atoms with Crippen molar-refractivity contribution in [3.8, 4) is 0 Å². The van der Waals surface area contributed by atoms with Crippen molar-refractivity contribution in [2.45, 2.75) is 32.7 Å². The van der Waals surface area contributed by atoms with Gasteiger partial charge < -0.3 is 4.74 Å². The fourth-order valence-corrected chi connectivity index (χ4v) is 2.90. The predicted molar refractivity (Wildman–Crippen MR) is 69.4 cm³/mol. The summed E-state index contributed by atoms with van der Waals surface area (Å²) >= 11 is 1.84. The summed E-state index contributed by atoms with van der Waals surface area (Å²) < 4.78 is 5.10. The van der Waals surface area contributed by atoms with Crippen LogP contribution in [0, 0.1) is 5.92 Å². The topological polar surface area (TPSA) is 47.3 Å². The summed E-state index contributed by atoms with van der Waals surface area (Å²) in [6, 6.07) is 4.60.